The fourth-order valence-electron chi connectivity index (χ4n) is 1.84. The summed E-state index contributed by atoms with van der Waals surface area (Å²) in [5.41, 5.74) is 5.13. The van der Waals surface area contributed by atoms with E-state index in [1.54, 1.807) is 0 Å². The zero-order chi connectivity index (χ0) is 13.3. The number of nitrogens with two attached hydrogens (primary N) is 1. The number of thiophene rings is 1. The van der Waals surface area contributed by atoms with Gasteiger partial charge >= 0.3 is 0 Å². The summed E-state index contributed by atoms with van der Waals surface area (Å²) >= 11 is 1.06. The van der Waals surface area contributed by atoms with E-state index < -0.39 is 15.9 Å². The summed E-state index contributed by atoms with van der Waals surface area (Å²) in [7, 11) is -1.43. The van der Waals surface area contributed by atoms with Crippen molar-refractivity contribution in [1.82, 2.24) is 4.31 Å². The van der Waals surface area contributed by atoms with Gasteiger partial charge in [0.2, 0.25) is 10.0 Å². The number of amides is 1. The number of nitrogens with zero attached hydrogens (tertiary/aromatic N) is 1. The van der Waals surface area contributed by atoms with Crippen LogP contribution >= 0.6 is 11.3 Å². The van der Waals surface area contributed by atoms with Crippen LogP contribution in [-0.4, -0.2) is 51.9 Å². The van der Waals surface area contributed by atoms with Crippen LogP contribution < -0.4 is 10.6 Å². The summed E-state index contributed by atoms with van der Waals surface area (Å²) in [6.07, 6.45) is 0. The van der Waals surface area contributed by atoms with Crippen LogP contribution in [0, 0.1) is 0 Å². The van der Waals surface area contributed by atoms with Gasteiger partial charge in [0.15, 0.2) is 0 Å². The Morgan fingerprint density at radius 1 is 1.44 bits per heavy atom. The lowest BCUT2D eigenvalue weighted by Crippen LogP contribution is -3.12. The molecule has 6 nitrogen and oxygen atoms in total. The summed E-state index contributed by atoms with van der Waals surface area (Å²) < 4.78 is 26.1. The number of carbonyl (C=O) groups is 1. The van der Waals surface area contributed by atoms with Crippen molar-refractivity contribution in [2.75, 3.05) is 33.2 Å². The highest BCUT2D eigenvalue weighted by Crippen LogP contribution is 2.22. The number of sulfonamides is 1. The molecule has 2 heterocycles. The lowest BCUT2D eigenvalue weighted by atomic mass is 10.4. The number of rotatable bonds is 3. The molecule has 1 aromatic rings. The van der Waals surface area contributed by atoms with Gasteiger partial charge in [-0.2, -0.15) is 4.31 Å². The first kappa shape index (κ1) is 13.5. The highest BCUT2D eigenvalue weighted by atomic mass is 32.2. The van der Waals surface area contributed by atoms with Crippen LogP contribution in [0.15, 0.2) is 16.3 Å². The number of primary amides is 1. The molecule has 1 aliphatic heterocycles. The van der Waals surface area contributed by atoms with Crippen LogP contribution in [0.5, 0.6) is 0 Å². The van der Waals surface area contributed by atoms with Gasteiger partial charge in [-0.25, -0.2) is 8.42 Å². The lowest BCUT2D eigenvalue weighted by molar-refractivity contribution is -0.883. The van der Waals surface area contributed by atoms with E-state index in [-0.39, 0.29) is 9.77 Å². The number of piperazine rings is 1. The average molecular weight is 290 g/mol. The molecule has 0 radical (unpaired) electrons. The maximum absolute atomic E-state index is 12.3. The largest absolute Gasteiger partial charge is 0.365 e. The first-order valence-corrected chi connectivity index (χ1v) is 7.93. The number of carbonyl (C=O) groups excluding carboxylic acids is 1. The van der Waals surface area contributed by atoms with Crippen molar-refractivity contribution in [3.8, 4) is 0 Å². The van der Waals surface area contributed by atoms with Crippen molar-refractivity contribution in [2.24, 2.45) is 5.73 Å². The summed E-state index contributed by atoms with van der Waals surface area (Å²) in [5, 5.41) is 1.47. The molecule has 0 saturated carbocycles. The van der Waals surface area contributed by atoms with Gasteiger partial charge in [-0.05, 0) is 6.07 Å². The fourth-order valence-corrected chi connectivity index (χ4v) is 4.40. The predicted octanol–water partition coefficient (Wildman–Crippen LogP) is -1.63. The lowest BCUT2D eigenvalue weighted by Gasteiger charge is -2.28. The summed E-state index contributed by atoms with van der Waals surface area (Å²) in [4.78, 5) is 12.7. The van der Waals surface area contributed by atoms with Gasteiger partial charge in [0, 0.05) is 5.38 Å². The third-order valence-corrected chi connectivity index (χ3v) is 6.00. The van der Waals surface area contributed by atoms with Crippen LogP contribution in [0.4, 0.5) is 0 Å². The highest BCUT2D eigenvalue weighted by Gasteiger charge is 2.30. The molecule has 0 spiro atoms. The molecule has 0 atom stereocenters. The quantitative estimate of drug-likeness (QED) is 0.701. The molecular formula is C10H16N3O3S2+. The molecule has 1 aliphatic rings. The molecule has 0 bridgehead atoms. The molecular weight excluding hydrogens is 274 g/mol. The third-order valence-electron chi connectivity index (χ3n) is 3.03. The minimum Gasteiger partial charge on any atom is -0.365 e. The molecule has 1 aromatic heterocycles. The van der Waals surface area contributed by atoms with Crippen LogP contribution in [0.3, 0.4) is 0 Å². The summed E-state index contributed by atoms with van der Waals surface area (Å²) in [6, 6.07) is 1.35. The second kappa shape index (κ2) is 4.96. The van der Waals surface area contributed by atoms with Crippen LogP contribution in [0.25, 0.3) is 0 Å². The number of hydrogen-bond donors (Lipinski definition) is 2. The Morgan fingerprint density at radius 3 is 2.56 bits per heavy atom. The molecule has 1 amide bonds. The Balaban J connectivity index is 2.22. The Labute approximate surface area is 110 Å². The molecule has 2 rings (SSSR count). The van der Waals surface area contributed by atoms with Crippen molar-refractivity contribution in [3.63, 3.8) is 0 Å². The first-order valence-electron chi connectivity index (χ1n) is 5.61. The second-order valence-corrected chi connectivity index (χ2v) is 7.22. The van der Waals surface area contributed by atoms with Gasteiger partial charge in [-0.1, -0.05) is 0 Å². The minimum absolute atomic E-state index is 0.167. The van der Waals surface area contributed by atoms with Gasteiger partial charge in [0.05, 0.1) is 43.0 Å². The zero-order valence-electron chi connectivity index (χ0n) is 10.0. The second-order valence-electron chi connectivity index (χ2n) is 4.37. The monoisotopic (exact) mass is 290 g/mol. The number of likely N-dealkylation sites (N-methyl/N-ethyl adjacent to an activating group) is 1. The van der Waals surface area contributed by atoms with Crippen molar-refractivity contribution >= 4 is 27.3 Å². The van der Waals surface area contributed by atoms with Crippen LogP contribution in [0.2, 0.25) is 0 Å². The Kier molecular flexibility index (Phi) is 3.71. The van der Waals surface area contributed by atoms with E-state index in [4.69, 9.17) is 5.73 Å². The van der Waals surface area contributed by atoms with Crippen molar-refractivity contribution in [1.29, 1.82) is 0 Å². The van der Waals surface area contributed by atoms with Gasteiger partial charge in [0.25, 0.3) is 5.91 Å². The maximum Gasteiger partial charge on any atom is 0.258 e. The van der Waals surface area contributed by atoms with Crippen LogP contribution in [-0.2, 0) is 10.0 Å². The smallest absolute Gasteiger partial charge is 0.258 e. The molecule has 0 unspecified atom stereocenters. The molecule has 1 fully saturated rings. The average Bonchev–Trinajstić information content (AvgIpc) is 2.79. The van der Waals surface area contributed by atoms with Gasteiger partial charge in [-0.3, -0.25) is 4.79 Å². The predicted molar refractivity (Wildman–Crippen MR) is 68.2 cm³/mol. The van der Waals surface area contributed by atoms with Crippen molar-refractivity contribution in [3.05, 3.63) is 16.3 Å². The molecule has 18 heavy (non-hydrogen) atoms. The maximum atomic E-state index is 12.3. The SMILES string of the molecule is C[NH+]1CCN(S(=O)(=O)c2csc(C(N)=O)c2)CC1. The van der Waals surface area contributed by atoms with Gasteiger partial charge in [0.1, 0.15) is 0 Å². The Morgan fingerprint density at radius 2 is 2.06 bits per heavy atom. The highest BCUT2D eigenvalue weighted by molar-refractivity contribution is 7.89. The molecule has 100 valence electrons. The summed E-state index contributed by atoms with van der Waals surface area (Å²) in [5.74, 6) is -0.593. The standard InChI is InChI=1S/C10H15N3O3S2/c1-12-2-4-13(5-3-12)18(15,16)8-6-9(10(11)14)17-7-8/h6-7H,2-5H2,1H3,(H2,11,14)/p+1. The van der Waals surface area contributed by atoms with Crippen LogP contribution in [0.1, 0.15) is 9.67 Å². The van der Waals surface area contributed by atoms with Gasteiger partial charge < -0.3 is 10.6 Å². The summed E-state index contributed by atoms with van der Waals surface area (Å²) in [6.45, 7) is 2.62. The van der Waals surface area contributed by atoms with E-state index in [2.05, 4.69) is 0 Å². The number of nitrogens with one attached hydrogen (secondary N) is 1. The van der Waals surface area contributed by atoms with Crippen molar-refractivity contribution < 1.29 is 18.1 Å². The molecule has 3 N–H and O–H groups in total. The number of hydrogen-bond acceptors (Lipinski definition) is 4. The minimum atomic E-state index is -3.48. The molecule has 8 heteroatoms. The normalized spacial score (nSPS) is 18.9. The molecule has 0 aromatic carbocycles. The van der Waals surface area contributed by atoms with E-state index in [1.807, 2.05) is 7.05 Å². The zero-order valence-corrected chi connectivity index (χ0v) is 11.7. The third kappa shape index (κ3) is 2.56. The molecule has 1 saturated heterocycles. The fraction of sp³-hybridized carbons (Fsp3) is 0.500. The first-order chi connectivity index (χ1) is 8.41. The van der Waals surface area contributed by atoms with Crippen molar-refractivity contribution in [2.45, 2.75) is 4.90 Å². The molecule has 0 aliphatic carbocycles. The number of quaternary nitrogens is 1. The van der Waals surface area contributed by atoms with Gasteiger partial charge in [-0.15, -0.1) is 11.3 Å². The topological polar surface area (TPSA) is 84.9 Å². The van der Waals surface area contributed by atoms with E-state index >= 15 is 0 Å². The Hall–Kier alpha value is -0.960. The Bertz CT molecular complexity index is 544. The van der Waals surface area contributed by atoms with E-state index in [9.17, 15) is 13.2 Å². The van der Waals surface area contributed by atoms with E-state index in [0.29, 0.717) is 13.1 Å². The van der Waals surface area contributed by atoms with E-state index in [0.717, 1.165) is 24.4 Å². The van der Waals surface area contributed by atoms with E-state index in [1.165, 1.54) is 20.7 Å².